The molecule has 0 bridgehead atoms. The van der Waals surface area contributed by atoms with Crippen LogP contribution in [0.15, 0.2) is 48.5 Å². The molecule has 0 amide bonds. The van der Waals surface area contributed by atoms with Gasteiger partial charge in [0.25, 0.3) is 0 Å². The first-order valence-corrected chi connectivity index (χ1v) is 8.07. The van der Waals surface area contributed by atoms with Gasteiger partial charge in [0.1, 0.15) is 0 Å². The molecule has 0 saturated heterocycles. The van der Waals surface area contributed by atoms with Crippen molar-refractivity contribution in [2.45, 2.75) is 12.4 Å². The van der Waals surface area contributed by atoms with E-state index in [1.807, 2.05) is 12.1 Å². The third kappa shape index (κ3) is 4.47. The fourth-order valence-corrected chi connectivity index (χ4v) is 3.18. The quantitative estimate of drug-likeness (QED) is 0.803. The van der Waals surface area contributed by atoms with Crippen molar-refractivity contribution in [1.29, 1.82) is 0 Å². The number of ether oxygens (including phenoxy) is 1. The van der Waals surface area contributed by atoms with E-state index in [9.17, 15) is 8.42 Å². The molecule has 21 heavy (non-hydrogen) atoms. The van der Waals surface area contributed by atoms with E-state index < -0.39 is 10.0 Å². The van der Waals surface area contributed by atoms with E-state index in [4.69, 9.17) is 10.5 Å². The van der Waals surface area contributed by atoms with Gasteiger partial charge in [0.15, 0.2) is 0 Å². The zero-order valence-electron chi connectivity index (χ0n) is 11.7. The van der Waals surface area contributed by atoms with Crippen molar-refractivity contribution < 1.29 is 13.2 Å². The topological polar surface area (TPSA) is 81.4 Å². The van der Waals surface area contributed by atoms with Gasteiger partial charge in [-0.15, -0.1) is 0 Å². The number of benzene rings is 2. The van der Waals surface area contributed by atoms with E-state index in [1.54, 1.807) is 43.5 Å². The number of hydrogen-bond donors (Lipinski definition) is 2. The zero-order chi connectivity index (χ0) is 15.3. The smallest absolute Gasteiger partial charge is 0.236 e. The van der Waals surface area contributed by atoms with Crippen LogP contribution in [0.25, 0.3) is 0 Å². The van der Waals surface area contributed by atoms with Crippen LogP contribution in [0.5, 0.6) is 0 Å². The largest absolute Gasteiger partial charge is 0.399 e. The number of nitrogens with one attached hydrogen (secondary N) is 1. The number of rotatable bonds is 6. The zero-order valence-corrected chi connectivity index (χ0v) is 12.6. The summed E-state index contributed by atoms with van der Waals surface area (Å²) >= 11 is 0. The van der Waals surface area contributed by atoms with Gasteiger partial charge in [-0.05, 0) is 23.8 Å². The van der Waals surface area contributed by atoms with Crippen LogP contribution in [0.2, 0.25) is 0 Å². The summed E-state index contributed by atoms with van der Waals surface area (Å²) in [5.41, 5.74) is 8.21. The first kappa shape index (κ1) is 15.3. The average molecular weight is 306 g/mol. The van der Waals surface area contributed by atoms with Crippen molar-refractivity contribution >= 4 is 21.4 Å². The van der Waals surface area contributed by atoms with Crippen molar-refractivity contribution in [1.82, 2.24) is 0 Å². The number of nitrogen functional groups attached to an aromatic ring is 1. The van der Waals surface area contributed by atoms with Gasteiger partial charge in [-0.1, -0.05) is 30.3 Å². The van der Waals surface area contributed by atoms with Crippen LogP contribution in [0, 0.1) is 0 Å². The van der Waals surface area contributed by atoms with Crippen molar-refractivity contribution in [3.63, 3.8) is 0 Å². The van der Waals surface area contributed by atoms with Crippen LogP contribution < -0.4 is 10.5 Å². The summed E-state index contributed by atoms with van der Waals surface area (Å²) in [6.45, 7) is 0.348. The van der Waals surface area contributed by atoms with E-state index in [1.165, 1.54) is 0 Å². The Morgan fingerprint density at radius 2 is 1.76 bits per heavy atom. The van der Waals surface area contributed by atoms with E-state index >= 15 is 0 Å². The minimum Gasteiger partial charge on any atom is -0.399 e. The summed E-state index contributed by atoms with van der Waals surface area (Å²) in [6.07, 6.45) is 0. The third-order valence-corrected chi connectivity index (χ3v) is 4.16. The average Bonchev–Trinajstić information content (AvgIpc) is 2.43. The number of sulfonamides is 1. The second-order valence-electron chi connectivity index (χ2n) is 4.69. The van der Waals surface area contributed by atoms with Gasteiger partial charge in [-0.2, -0.15) is 0 Å². The lowest BCUT2D eigenvalue weighted by molar-refractivity contribution is 0.185. The number of nitrogens with two attached hydrogens (primary N) is 1. The predicted molar refractivity (Wildman–Crippen MR) is 84.3 cm³/mol. The standard InChI is InChI=1S/C15H18N2O3S/c1-20-10-13-4-2-3-5-15(13)17-21(18,19)11-12-6-8-14(16)9-7-12/h2-9,17H,10-11,16H2,1H3. The third-order valence-electron chi connectivity index (χ3n) is 2.92. The van der Waals surface area contributed by atoms with Crippen molar-refractivity contribution in [2.24, 2.45) is 0 Å². The summed E-state index contributed by atoms with van der Waals surface area (Å²) in [6, 6.07) is 13.9. The van der Waals surface area contributed by atoms with Crippen molar-refractivity contribution in [2.75, 3.05) is 17.6 Å². The lowest BCUT2D eigenvalue weighted by Crippen LogP contribution is -2.16. The minimum absolute atomic E-state index is 0.103. The summed E-state index contributed by atoms with van der Waals surface area (Å²) in [5.74, 6) is -0.103. The molecule has 5 nitrogen and oxygen atoms in total. The second kappa shape index (κ2) is 6.60. The Hall–Kier alpha value is -2.05. The molecule has 3 N–H and O–H groups in total. The summed E-state index contributed by atoms with van der Waals surface area (Å²) in [5, 5.41) is 0. The molecule has 2 aromatic rings. The first-order valence-electron chi connectivity index (χ1n) is 6.42. The highest BCUT2D eigenvalue weighted by atomic mass is 32.2. The molecule has 0 spiro atoms. The highest BCUT2D eigenvalue weighted by Crippen LogP contribution is 2.19. The molecule has 0 aliphatic rings. The van der Waals surface area contributed by atoms with Gasteiger partial charge < -0.3 is 10.5 Å². The number of para-hydroxylation sites is 1. The van der Waals surface area contributed by atoms with Crippen LogP contribution in [-0.2, 0) is 27.1 Å². The number of methoxy groups -OCH3 is 1. The molecule has 0 atom stereocenters. The lowest BCUT2D eigenvalue weighted by atomic mass is 10.2. The van der Waals surface area contributed by atoms with E-state index in [-0.39, 0.29) is 5.75 Å². The maximum Gasteiger partial charge on any atom is 0.236 e. The Bertz CT molecular complexity index is 697. The highest BCUT2D eigenvalue weighted by Gasteiger charge is 2.13. The normalized spacial score (nSPS) is 11.3. The Labute approximate surface area is 124 Å². The summed E-state index contributed by atoms with van der Waals surface area (Å²) in [4.78, 5) is 0. The molecule has 2 aromatic carbocycles. The highest BCUT2D eigenvalue weighted by molar-refractivity contribution is 7.91. The van der Waals surface area contributed by atoms with Crippen LogP contribution in [0.3, 0.4) is 0 Å². The maximum absolute atomic E-state index is 12.2. The van der Waals surface area contributed by atoms with Gasteiger partial charge >= 0.3 is 0 Å². The van der Waals surface area contributed by atoms with Gasteiger partial charge in [0.2, 0.25) is 10.0 Å². The second-order valence-corrected chi connectivity index (χ2v) is 6.42. The molecule has 0 aliphatic heterocycles. The van der Waals surface area contributed by atoms with E-state index in [2.05, 4.69) is 4.72 Å². The molecule has 0 fully saturated rings. The van der Waals surface area contributed by atoms with Crippen LogP contribution >= 0.6 is 0 Å². The monoisotopic (exact) mass is 306 g/mol. The molecule has 0 unspecified atom stereocenters. The van der Waals surface area contributed by atoms with Gasteiger partial charge in [0.05, 0.1) is 18.0 Å². The predicted octanol–water partition coefficient (Wildman–Crippen LogP) is 2.36. The van der Waals surface area contributed by atoms with E-state index in [0.717, 1.165) is 5.56 Å². The number of hydrogen-bond acceptors (Lipinski definition) is 4. The number of anilines is 2. The van der Waals surface area contributed by atoms with Crippen LogP contribution in [-0.4, -0.2) is 15.5 Å². The molecule has 0 saturated carbocycles. The van der Waals surface area contributed by atoms with Gasteiger partial charge in [0, 0.05) is 18.4 Å². The Morgan fingerprint density at radius 3 is 2.43 bits per heavy atom. The summed E-state index contributed by atoms with van der Waals surface area (Å²) in [7, 11) is -1.92. The van der Waals surface area contributed by atoms with Crippen LogP contribution in [0.1, 0.15) is 11.1 Å². The Morgan fingerprint density at radius 1 is 1.10 bits per heavy atom. The van der Waals surface area contributed by atoms with Gasteiger partial charge in [-0.3, -0.25) is 4.72 Å². The fourth-order valence-electron chi connectivity index (χ4n) is 1.94. The maximum atomic E-state index is 12.2. The van der Waals surface area contributed by atoms with Crippen molar-refractivity contribution in [3.05, 3.63) is 59.7 Å². The molecule has 2 rings (SSSR count). The molecule has 0 aliphatic carbocycles. The summed E-state index contributed by atoms with van der Waals surface area (Å²) < 4.78 is 32.1. The Balaban J connectivity index is 2.16. The fraction of sp³-hybridized carbons (Fsp3) is 0.200. The molecule has 112 valence electrons. The molecular formula is C15H18N2O3S. The van der Waals surface area contributed by atoms with Crippen molar-refractivity contribution in [3.8, 4) is 0 Å². The first-order chi connectivity index (χ1) is 10.00. The molecule has 6 heteroatoms. The minimum atomic E-state index is -3.49. The molecular weight excluding hydrogens is 288 g/mol. The SMILES string of the molecule is COCc1ccccc1NS(=O)(=O)Cc1ccc(N)cc1. The Kier molecular flexibility index (Phi) is 4.82. The molecule has 0 radical (unpaired) electrons. The lowest BCUT2D eigenvalue weighted by Gasteiger charge is -2.12. The van der Waals surface area contributed by atoms with Crippen LogP contribution in [0.4, 0.5) is 11.4 Å². The van der Waals surface area contributed by atoms with Gasteiger partial charge in [-0.25, -0.2) is 8.42 Å². The molecule has 0 aromatic heterocycles. The van der Waals surface area contributed by atoms with E-state index in [0.29, 0.717) is 23.5 Å². The molecule has 0 heterocycles.